The summed E-state index contributed by atoms with van der Waals surface area (Å²) in [6.07, 6.45) is 1.43. The van der Waals surface area contributed by atoms with Gasteiger partial charge in [-0.15, -0.1) is 0 Å². The molecule has 0 unspecified atom stereocenters. The molecule has 0 atom stereocenters. The summed E-state index contributed by atoms with van der Waals surface area (Å²) >= 11 is 0. The third-order valence-corrected chi connectivity index (χ3v) is 5.21. The van der Waals surface area contributed by atoms with Gasteiger partial charge in [0, 0.05) is 45.0 Å². The highest BCUT2D eigenvalue weighted by atomic mass is 19.1. The van der Waals surface area contributed by atoms with E-state index < -0.39 is 0 Å². The lowest BCUT2D eigenvalue weighted by molar-refractivity contribution is -0.383. The molecule has 1 aliphatic heterocycles. The first-order valence-electron chi connectivity index (χ1n) is 10.8. The van der Waals surface area contributed by atoms with E-state index in [1.54, 1.807) is 12.1 Å². The van der Waals surface area contributed by atoms with Crippen LogP contribution >= 0.6 is 0 Å². The van der Waals surface area contributed by atoms with Crippen LogP contribution < -0.4 is 14.7 Å². The monoisotopic (exact) mass is 430 g/mol. The zero-order valence-electron chi connectivity index (χ0n) is 18.7. The third kappa shape index (κ3) is 5.59. The SMILES string of the molecule is CC(C)CN(CC(C)C)c1ncnc(N2CCN(c3ccc(F)cc3)CC2)c1[N+](=O)[O-]. The van der Waals surface area contributed by atoms with E-state index in [4.69, 9.17) is 0 Å². The van der Waals surface area contributed by atoms with Crippen molar-refractivity contribution in [1.82, 2.24) is 9.97 Å². The second-order valence-electron chi connectivity index (χ2n) is 8.77. The fourth-order valence-corrected chi connectivity index (χ4v) is 3.94. The van der Waals surface area contributed by atoms with Gasteiger partial charge in [0.05, 0.1) is 4.92 Å². The molecule has 0 saturated carbocycles. The molecule has 2 aromatic rings. The van der Waals surface area contributed by atoms with Crippen LogP contribution in [0.25, 0.3) is 0 Å². The zero-order valence-corrected chi connectivity index (χ0v) is 18.7. The van der Waals surface area contributed by atoms with Gasteiger partial charge in [-0.05, 0) is 36.1 Å². The third-order valence-electron chi connectivity index (χ3n) is 5.21. The van der Waals surface area contributed by atoms with Crippen LogP contribution in [-0.4, -0.2) is 54.2 Å². The van der Waals surface area contributed by atoms with E-state index in [0.717, 1.165) is 5.69 Å². The maximum Gasteiger partial charge on any atom is 0.353 e. The highest BCUT2D eigenvalue weighted by molar-refractivity contribution is 5.71. The van der Waals surface area contributed by atoms with Crippen LogP contribution in [0.15, 0.2) is 30.6 Å². The summed E-state index contributed by atoms with van der Waals surface area (Å²) in [7, 11) is 0. The van der Waals surface area contributed by atoms with E-state index in [2.05, 4.69) is 42.6 Å². The lowest BCUT2D eigenvalue weighted by Crippen LogP contribution is -2.47. The maximum atomic E-state index is 13.2. The van der Waals surface area contributed by atoms with Gasteiger partial charge in [-0.25, -0.2) is 14.4 Å². The fourth-order valence-electron chi connectivity index (χ4n) is 3.94. The molecule has 0 amide bonds. The highest BCUT2D eigenvalue weighted by Gasteiger charge is 2.32. The molecule has 2 heterocycles. The Morgan fingerprint density at radius 2 is 1.55 bits per heavy atom. The second-order valence-corrected chi connectivity index (χ2v) is 8.77. The first-order chi connectivity index (χ1) is 14.8. The lowest BCUT2D eigenvalue weighted by Gasteiger charge is -2.36. The van der Waals surface area contributed by atoms with Crippen molar-refractivity contribution in [2.45, 2.75) is 27.7 Å². The van der Waals surface area contributed by atoms with Crippen LogP contribution in [0, 0.1) is 27.8 Å². The Hall–Kier alpha value is -2.97. The van der Waals surface area contributed by atoms with Crippen LogP contribution in [0.2, 0.25) is 0 Å². The van der Waals surface area contributed by atoms with Gasteiger partial charge in [0.25, 0.3) is 0 Å². The molecule has 1 aromatic heterocycles. The van der Waals surface area contributed by atoms with E-state index in [-0.39, 0.29) is 16.4 Å². The molecule has 0 bridgehead atoms. The van der Waals surface area contributed by atoms with Crippen molar-refractivity contribution in [3.63, 3.8) is 0 Å². The van der Waals surface area contributed by atoms with Gasteiger partial charge in [-0.1, -0.05) is 27.7 Å². The quantitative estimate of drug-likeness (QED) is 0.463. The summed E-state index contributed by atoms with van der Waals surface area (Å²) < 4.78 is 13.2. The first kappa shape index (κ1) is 22.7. The van der Waals surface area contributed by atoms with E-state index in [9.17, 15) is 14.5 Å². The number of aromatic nitrogens is 2. The van der Waals surface area contributed by atoms with Crippen LogP contribution in [0.3, 0.4) is 0 Å². The molecule has 1 fully saturated rings. The molecule has 31 heavy (non-hydrogen) atoms. The molecule has 0 aliphatic carbocycles. The minimum absolute atomic E-state index is 0.0287. The van der Waals surface area contributed by atoms with Crippen LogP contribution in [0.5, 0.6) is 0 Å². The molecule has 168 valence electrons. The molecular formula is C22H31FN6O2. The molecule has 1 aliphatic rings. The average Bonchev–Trinajstić information content (AvgIpc) is 2.72. The number of nitrogens with zero attached hydrogens (tertiary/aromatic N) is 6. The van der Waals surface area contributed by atoms with Gasteiger partial charge >= 0.3 is 5.69 Å². The van der Waals surface area contributed by atoms with Crippen molar-refractivity contribution in [3.05, 3.63) is 46.5 Å². The number of hydrogen-bond donors (Lipinski definition) is 0. The highest BCUT2D eigenvalue weighted by Crippen LogP contribution is 2.35. The van der Waals surface area contributed by atoms with Gasteiger partial charge in [0.2, 0.25) is 11.6 Å². The molecule has 0 N–H and O–H groups in total. The van der Waals surface area contributed by atoms with Crippen LogP contribution in [0.1, 0.15) is 27.7 Å². The smallest absolute Gasteiger partial charge is 0.353 e. The molecule has 3 rings (SSSR count). The molecule has 9 heteroatoms. The molecule has 1 saturated heterocycles. The largest absolute Gasteiger partial charge is 0.368 e. The van der Waals surface area contributed by atoms with Gasteiger partial charge < -0.3 is 14.7 Å². The van der Waals surface area contributed by atoms with Crippen molar-refractivity contribution in [1.29, 1.82) is 0 Å². The summed E-state index contributed by atoms with van der Waals surface area (Å²) in [5.41, 5.74) is 0.915. The average molecular weight is 431 g/mol. The summed E-state index contributed by atoms with van der Waals surface area (Å²) in [6, 6.07) is 6.40. The molecule has 1 aromatic carbocycles. The number of nitro groups is 1. The Labute approximate surface area is 182 Å². The molecule has 0 radical (unpaired) electrons. The molecule has 0 spiro atoms. The lowest BCUT2D eigenvalue weighted by atomic mass is 10.1. The van der Waals surface area contributed by atoms with E-state index in [0.29, 0.717) is 62.7 Å². The number of anilines is 3. The Morgan fingerprint density at radius 3 is 2.06 bits per heavy atom. The summed E-state index contributed by atoms with van der Waals surface area (Å²) in [4.78, 5) is 26.5. The Morgan fingerprint density at radius 1 is 1.00 bits per heavy atom. The number of piperazine rings is 1. The minimum atomic E-state index is -0.356. The van der Waals surface area contributed by atoms with Crippen molar-refractivity contribution < 1.29 is 9.31 Å². The van der Waals surface area contributed by atoms with E-state index in [1.807, 2.05) is 9.80 Å². The van der Waals surface area contributed by atoms with E-state index in [1.165, 1.54) is 18.5 Å². The Balaban J connectivity index is 1.85. The van der Waals surface area contributed by atoms with Crippen molar-refractivity contribution >= 4 is 23.0 Å². The predicted octanol–water partition coefficient (Wildman–Crippen LogP) is 3.97. The summed E-state index contributed by atoms with van der Waals surface area (Å²) in [6.45, 7) is 12.3. The van der Waals surface area contributed by atoms with Crippen molar-refractivity contribution in [2.24, 2.45) is 11.8 Å². The molecule has 8 nitrogen and oxygen atoms in total. The first-order valence-corrected chi connectivity index (χ1v) is 10.8. The fraction of sp³-hybridized carbons (Fsp3) is 0.545. The zero-order chi connectivity index (χ0) is 22.5. The van der Waals surface area contributed by atoms with Gasteiger partial charge in [-0.2, -0.15) is 0 Å². The van der Waals surface area contributed by atoms with Crippen molar-refractivity contribution in [3.8, 4) is 0 Å². The Bertz CT molecular complexity index is 872. The number of hydrogen-bond acceptors (Lipinski definition) is 7. The second kappa shape index (κ2) is 9.89. The Kier molecular flexibility index (Phi) is 7.25. The van der Waals surface area contributed by atoms with E-state index >= 15 is 0 Å². The topological polar surface area (TPSA) is 78.6 Å². The number of benzene rings is 1. The normalized spacial score (nSPS) is 14.4. The number of halogens is 1. The number of rotatable bonds is 8. The molecular weight excluding hydrogens is 399 g/mol. The van der Waals surface area contributed by atoms with Crippen LogP contribution in [0.4, 0.5) is 27.4 Å². The maximum absolute atomic E-state index is 13.2. The minimum Gasteiger partial charge on any atom is -0.368 e. The van der Waals surface area contributed by atoms with Gasteiger partial charge in [-0.3, -0.25) is 10.1 Å². The predicted molar refractivity (Wildman–Crippen MR) is 121 cm³/mol. The summed E-state index contributed by atoms with van der Waals surface area (Å²) in [5.74, 6) is 1.18. The van der Waals surface area contributed by atoms with Gasteiger partial charge in [0.15, 0.2) is 0 Å². The van der Waals surface area contributed by atoms with Crippen molar-refractivity contribution in [2.75, 3.05) is 54.0 Å². The van der Waals surface area contributed by atoms with Gasteiger partial charge in [0.1, 0.15) is 12.1 Å². The van der Waals surface area contributed by atoms with Crippen LogP contribution in [-0.2, 0) is 0 Å². The summed E-state index contributed by atoms with van der Waals surface area (Å²) in [5, 5.41) is 12.1. The standard InChI is InChI=1S/C22H31FN6O2/c1-16(2)13-28(14-17(3)4)22-20(29(30)31)21(24-15-25-22)27-11-9-26(10-12-27)19-7-5-18(23)6-8-19/h5-8,15-17H,9-14H2,1-4H3.